The van der Waals surface area contributed by atoms with Gasteiger partial charge in [0.25, 0.3) is 0 Å². The smallest absolute Gasteiger partial charge is 0.304 e. The van der Waals surface area contributed by atoms with Gasteiger partial charge in [0, 0.05) is 49.2 Å². The van der Waals surface area contributed by atoms with Crippen LogP contribution in [-0.2, 0) is 32.8 Å². The molecule has 1 atom stereocenters. The minimum Gasteiger partial charge on any atom is -0.354 e. The molecule has 0 saturated heterocycles. The fourth-order valence-electron chi connectivity index (χ4n) is 4.22. The maximum atomic E-state index is 14.2. The molecule has 3 rings (SSSR count). The lowest BCUT2D eigenvalue weighted by molar-refractivity contribution is -0.140. The van der Waals surface area contributed by atoms with Crippen LogP contribution in [-0.4, -0.2) is 62.7 Å². The second kappa shape index (κ2) is 15.2. The van der Waals surface area contributed by atoms with Crippen molar-refractivity contribution in [2.45, 2.75) is 38.8 Å². The van der Waals surface area contributed by atoms with Gasteiger partial charge in [0.05, 0.1) is 5.69 Å². The Hall–Kier alpha value is -3.11. The average Bonchev–Trinajstić information content (AvgIpc) is 2.95. The van der Waals surface area contributed by atoms with Crippen LogP contribution in [0.1, 0.15) is 30.9 Å². The number of benzene rings is 3. The summed E-state index contributed by atoms with van der Waals surface area (Å²) in [6.45, 7) is 1.83. The van der Waals surface area contributed by atoms with Gasteiger partial charge in [-0.2, -0.15) is 12.7 Å². The molecule has 0 aliphatic heterocycles. The van der Waals surface area contributed by atoms with E-state index in [1.54, 1.807) is 48.5 Å². The van der Waals surface area contributed by atoms with Crippen molar-refractivity contribution in [3.63, 3.8) is 0 Å². The van der Waals surface area contributed by atoms with E-state index in [1.165, 1.54) is 19.0 Å². The summed E-state index contributed by atoms with van der Waals surface area (Å²) in [6.07, 6.45) is 1.87. The zero-order chi connectivity index (χ0) is 30.0. The van der Waals surface area contributed by atoms with Crippen molar-refractivity contribution in [2.75, 3.05) is 31.5 Å². The van der Waals surface area contributed by atoms with Gasteiger partial charge in [0.2, 0.25) is 11.8 Å². The molecule has 8 nitrogen and oxygen atoms in total. The van der Waals surface area contributed by atoms with E-state index in [4.69, 9.17) is 23.2 Å². The molecule has 220 valence electrons. The number of anilines is 1. The lowest BCUT2D eigenvalue weighted by atomic mass is 10.0. The predicted octanol–water partition coefficient (Wildman–Crippen LogP) is 5.16. The molecule has 0 aromatic heterocycles. The highest BCUT2D eigenvalue weighted by atomic mass is 35.5. The Morgan fingerprint density at radius 1 is 0.878 bits per heavy atom. The van der Waals surface area contributed by atoms with E-state index in [0.29, 0.717) is 27.8 Å². The van der Waals surface area contributed by atoms with Crippen molar-refractivity contribution in [3.8, 4) is 0 Å². The van der Waals surface area contributed by atoms with E-state index in [-0.39, 0.29) is 18.9 Å². The number of carbonyl (C=O) groups excluding carboxylic acids is 2. The Labute approximate surface area is 253 Å². The molecular weight excluding hydrogens is 583 g/mol. The van der Waals surface area contributed by atoms with Crippen LogP contribution in [0.25, 0.3) is 0 Å². The highest BCUT2D eigenvalue weighted by Gasteiger charge is 2.35. The Kier molecular flexibility index (Phi) is 12.0. The van der Waals surface area contributed by atoms with Crippen LogP contribution < -0.4 is 9.62 Å². The van der Waals surface area contributed by atoms with Gasteiger partial charge in [-0.25, -0.2) is 4.31 Å². The topological polar surface area (TPSA) is 90.0 Å². The maximum Gasteiger partial charge on any atom is 0.304 e. The first-order chi connectivity index (χ1) is 19.6. The number of amides is 2. The molecule has 11 heteroatoms. The van der Waals surface area contributed by atoms with Crippen molar-refractivity contribution in [1.29, 1.82) is 0 Å². The Morgan fingerprint density at radius 2 is 1.46 bits per heavy atom. The van der Waals surface area contributed by atoms with Gasteiger partial charge in [-0.1, -0.05) is 91.1 Å². The normalized spacial score (nSPS) is 12.1. The van der Waals surface area contributed by atoms with E-state index in [2.05, 4.69) is 5.32 Å². The predicted molar refractivity (Wildman–Crippen MR) is 165 cm³/mol. The third-order valence-corrected chi connectivity index (χ3v) is 9.08. The summed E-state index contributed by atoms with van der Waals surface area (Å²) >= 11 is 13.0. The van der Waals surface area contributed by atoms with Crippen molar-refractivity contribution >= 4 is 50.9 Å². The van der Waals surface area contributed by atoms with Gasteiger partial charge in [0.1, 0.15) is 12.6 Å². The second-order valence-electron chi connectivity index (χ2n) is 9.70. The number of para-hydroxylation sites is 1. The Morgan fingerprint density at radius 3 is 2.02 bits per heavy atom. The molecule has 3 aromatic rings. The van der Waals surface area contributed by atoms with Crippen LogP contribution in [0.15, 0.2) is 78.9 Å². The zero-order valence-corrected chi connectivity index (χ0v) is 25.8. The summed E-state index contributed by atoms with van der Waals surface area (Å²) in [7, 11) is -1.27. The van der Waals surface area contributed by atoms with Gasteiger partial charge in [-0.15, -0.1) is 0 Å². The number of nitrogens with zero attached hydrogens (tertiary/aromatic N) is 3. The maximum absolute atomic E-state index is 14.2. The lowest BCUT2D eigenvalue weighted by Crippen LogP contribution is -2.54. The number of halogens is 2. The minimum absolute atomic E-state index is 0.0965. The van der Waals surface area contributed by atoms with E-state index >= 15 is 0 Å². The minimum atomic E-state index is -4.07. The van der Waals surface area contributed by atoms with Crippen LogP contribution in [0.5, 0.6) is 0 Å². The quantitative estimate of drug-likeness (QED) is 0.253. The molecule has 0 aliphatic rings. The monoisotopic (exact) mass is 618 g/mol. The van der Waals surface area contributed by atoms with Crippen molar-refractivity contribution in [3.05, 3.63) is 100 Å². The summed E-state index contributed by atoms with van der Waals surface area (Å²) in [5.74, 6) is -0.928. The highest BCUT2D eigenvalue weighted by molar-refractivity contribution is 7.90. The number of nitrogens with one attached hydrogen (secondary N) is 1. The van der Waals surface area contributed by atoms with E-state index in [0.717, 1.165) is 27.0 Å². The van der Waals surface area contributed by atoms with Gasteiger partial charge < -0.3 is 10.2 Å². The van der Waals surface area contributed by atoms with Gasteiger partial charge >= 0.3 is 10.2 Å². The van der Waals surface area contributed by atoms with Crippen LogP contribution in [0.4, 0.5) is 5.69 Å². The lowest BCUT2D eigenvalue weighted by Gasteiger charge is -2.34. The second-order valence-corrected chi connectivity index (χ2v) is 12.6. The standard InChI is InChI=1S/C30H36Cl2N4O4S/c1-4-5-19-33-30(38)28(20-23-13-8-6-9-14-23)35(21-25-26(31)17-12-18-27(25)32)29(37)22-36(41(39,40)34(2)3)24-15-10-7-11-16-24/h6-18,28H,4-5,19-22H2,1-3H3,(H,33,38)/t28-/m1/s1. The summed E-state index contributed by atoms with van der Waals surface area (Å²) in [4.78, 5) is 29.3. The first-order valence-electron chi connectivity index (χ1n) is 13.4. The zero-order valence-electron chi connectivity index (χ0n) is 23.5. The number of rotatable bonds is 14. The van der Waals surface area contributed by atoms with E-state index in [9.17, 15) is 18.0 Å². The molecule has 0 unspecified atom stereocenters. The molecule has 41 heavy (non-hydrogen) atoms. The van der Waals surface area contributed by atoms with Crippen LogP contribution >= 0.6 is 23.2 Å². The van der Waals surface area contributed by atoms with Gasteiger partial charge in [0.15, 0.2) is 0 Å². The fourth-order valence-corrected chi connectivity index (χ4v) is 5.80. The molecule has 0 heterocycles. The SMILES string of the molecule is CCCCNC(=O)[C@@H](Cc1ccccc1)N(Cc1c(Cl)cccc1Cl)C(=O)CN(c1ccccc1)S(=O)(=O)N(C)C. The molecule has 0 saturated carbocycles. The van der Waals surface area contributed by atoms with Crippen molar-refractivity contribution in [1.82, 2.24) is 14.5 Å². The summed E-state index contributed by atoms with van der Waals surface area (Å²) in [6, 6.07) is 21.8. The first kappa shape index (κ1) is 32.4. The number of unbranched alkanes of at least 4 members (excludes halogenated alkanes) is 1. The molecule has 0 aliphatic carbocycles. The summed E-state index contributed by atoms with van der Waals surface area (Å²) in [5, 5.41) is 3.62. The largest absolute Gasteiger partial charge is 0.354 e. The first-order valence-corrected chi connectivity index (χ1v) is 15.5. The van der Waals surface area contributed by atoms with Crippen LogP contribution in [0, 0.1) is 0 Å². The Balaban J connectivity index is 2.10. The van der Waals surface area contributed by atoms with Gasteiger partial charge in [-0.05, 0) is 36.2 Å². The molecule has 3 aromatic carbocycles. The number of hydrogen-bond acceptors (Lipinski definition) is 4. The molecule has 0 bridgehead atoms. The molecule has 0 fully saturated rings. The molecule has 0 spiro atoms. The molecule has 1 N–H and O–H groups in total. The fraction of sp³-hybridized carbons (Fsp3) is 0.333. The van der Waals surface area contributed by atoms with Crippen LogP contribution in [0.2, 0.25) is 10.0 Å². The molecule has 2 amide bonds. The van der Waals surface area contributed by atoms with Crippen molar-refractivity contribution < 1.29 is 18.0 Å². The molecule has 0 radical (unpaired) electrons. The van der Waals surface area contributed by atoms with Crippen LogP contribution in [0.3, 0.4) is 0 Å². The van der Waals surface area contributed by atoms with Gasteiger partial charge in [-0.3, -0.25) is 9.59 Å². The highest BCUT2D eigenvalue weighted by Crippen LogP contribution is 2.28. The van der Waals surface area contributed by atoms with Crippen molar-refractivity contribution in [2.24, 2.45) is 0 Å². The van der Waals surface area contributed by atoms with E-state index < -0.39 is 28.7 Å². The third-order valence-electron chi connectivity index (χ3n) is 6.55. The Bertz CT molecular complexity index is 1390. The number of carbonyl (C=O) groups is 2. The van der Waals surface area contributed by atoms with E-state index in [1.807, 2.05) is 37.3 Å². The summed E-state index contributed by atoms with van der Waals surface area (Å²) < 4.78 is 28.8. The number of hydrogen-bond donors (Lipinski definition) is 1. The molecular formula is C30H36Cl2N4O4S. The summed E-state index contributed by atoms with van der Waals surface area (Å²) in [5.41, 5.74) is 1.62. The third kappa shape index (κ3) is 8.69. The average molecular weight is 620 g/mol.